The Kier molecular flexibility index (Phi) is 4.73. The Morgan fingerprint density at radius 3 is 2.30 bits per heavy atom. The molecule has 27 heavy (non-hydrogen) atoms. The number of nitrogens with zero attached hydrogens (tertiary/aromatic N) is 1. The first-order valence-corrected chi connectivity index (χ1v) is 9.03. The van der Waals surface area contributed by atoms with Gasteiger partial charge in [-0.05, 0) is 30.7 Å². The zero-order valence-corrected chi connectivity index (χ0v) is 14.8. The summed E-state index contributed by atoms with van der Waals surface area (Å²) < 4.78 is 5.75. The van der Waals surface area contributed by atoms with Crippen LogP contribution in [0.25, 0.3) is 0 Å². The van der Waals surface area contributed by atoms with Gasteiger partial charge in [0.1, 0.15) is 0 Å². The van der Waals surface area contributed by atoms with E-state index in [2.05, 4.69) is 5.32 Å². The van der Waals surface area contributed by atoms with Crippen molar-refractivity contribution in [2.24, 2.45) is 5.92 Å². The van der Waals surface area contributed by atoms with Gasteiger partial charge in [-0.15, -0.1) is 0 Å². The fraction of sp³-hybridized carbons (Fsp3) is 0.286. The highest BCUT2D eigenvalue weighted by atomic mass is 16.5. The van der Waals surface area contributed by atoms with Crippen molar-refractivity contribution in [2.75, 3.05) is 19.7 Å². The van der Waals surface area contributed by atoms with Crippen LogP contribution >= 0.6 is 0 Å². The summed E-state index contributed by atoms with van der Waals surface area (Å²) in [5.74, 6) is -0.540. The van der Waals surface area contributed by atoms with E-state index in [1.54, 1.807) is 36.4 Å². The van der Waals surface area contributed by atoms with Gasteiger partial charge >= 0.3 is 0 Å². The second-order valence-corrected chi connectivity index (χ2v) is 6.90. The van der Waals surface area contributed by atoms with Crippen LogP contribution in [0.4, 0.5) is 0 Å². The van der Waals surface area contributed by atoms with Crippen LogP contribution in [-0.2, 0) is 4.74 Å². The molecule has 1 saturated heterocycles. The van der Waals surface area contributed by atoms with Gasteiger partial charge in [-0.3, -0.25) is 19.3 Å². The summed E-state index contributed by atoms with van der Waals surface area (Å²) in [6.07, 6.45) is 0.584. The van der Waals surface area contributed by atoms with E-state index in [1.165, 1.54) is 4.90 Å². The number of imide groups is 1. The molecule has 2 atom stereocenters. The van der Waals surface area contributed by atoms with Crippen LogP contribution in [0, 0.1) is 5.92 Å². The maximum Gasteiger partial charge on any atom is 0.261 e. The molecule has 2 aliphatic heterocycles. The number of ether oxygens (including phenoxy) is 1. The van der Waals surface area contributed by atoms with E-state index in [9.17, 15) is 14.4 Å². The molecule has 3 amide bonds. The summed E-state index contributed by atoms with van der Waals surface area (Å²) in [4.78, 5) is 38.3. The van der Waals surface area contributed by atoms with Crippen molar-refractivity contribution in [1.82, 2.24) is 10.2 Å². The molecular formula is C21H20N2O4. The predicted octanol–water partition coefficient (Wildman–Crippen LogP) is 2.12. The fourth-order valence-electron chi connectivity index (χ4n) is 3.61. The Morgan fingerprint density at radius 2 is 1.63 bits per heavy atom. The largest absolute Gasteiger partial charge is 0.376 e. The summed E-state index contributed by atoms with van der Waals surface area (Å²) in [7, 11) is 0. The molecule has 0 radical (unpaired) electrons. The minimum Gasteiger partial charge on any atom is -0.376 e. The number of carbonyl (C=O) groups is 3. The number of amides is 3. The fourth-order valence-corrected chi connectivity index (χ4v) is 3.61. The topological polar surface area (TPSA) is 75.7 Å². The van der Waals surface area contributed by atoms with Crippen molar-refractivity contribution in [3.63, 3.8) is 0 Å². The Labute approximate surface area is 157 Å². The molecule has 0 spiro atoms. The number of fused-ring (bicyclic) bond motifs is 1. The number of nitrogens with one attached hydrogen (secondary N) is 1. The van der Waals surface area contributed by atoms with Crippen molar-refractivity contribution in [3.05, 3.63) is 71.3 Å². The molecule has 2 aliphatic rings. The van der Waals surface area contributed by atoms with E-state index in [-0.39, 0.29) is 29.7 Å². The van der Waals surface area contributed by atoms with Crippen molar-refractivity contribution < 1.29 is 19.1 Å². The number of rotatable bonds is 5. The molecule has 2 unspecified atom stereocenters. The zero-order chi connectivity index (χ0) is 18.8. The first-order chi connectivity index (χ1) is 13.1. The van der Waals surface area contributed by atoms with Gasteiger partial charge in [0, 0.05) is 24.6 Å². The molecule has 2 aromatic rings. The lowest BCUT2D eigenvalue weighted by atomic mass is 10.0. The average Bonchev–Trinajstić information content (AvgIpc) is 3.26. The van der Waals surface area contributed by atoms with Gasteiger partial charge in [-0.25, -0.2) is 0 Å². The third kappa shape index (κ3) is 3.48. The minimum absolute atomic E-state index is 0.0749. The highest BCUT2D eigenvalue weighted by Gasteiger charge is 2.38. The molecule has 4 rings (SSSR count). The highest BCUT2D eigenvalue weighted by molar-refractivity contribution is 6.21. The van der Waals surface area contributed by atoms with Gasteiger partial charge in [0.15, 0.2) is 0 Å². The van der Waals surface area contributed by atoms with Crippen molar-refractivity contribution in [1.29, 1.82) is 0 Å². The van der Waals surface area contributed by atoms with Gasteiger partial charge in [0.25, 0.3) is 17.7 Å². The number of hydrogen-bond donors (Lipinski definition) is 1. The van der Waals surface area contributed by atoms with E-state index in [1.807, 2.05) is 18.2 Å². The van der Waals surface area contributed by atoms with Crippen molar-refractivity contribution in [3.8, 4) is 0 Å². The third-order valence-corrected chi connectivity index (χ3v) is 5.01. The first-order valence-electron chi connectivity index (χ1n) is 9.03. The average molecular weight is 364 g/mol. The second kappa shape index (κ2) is 7.32. The van der Waals surface area contributed by atoms with Gasteiger partial charge < -0.3 is 10.1 Å². The monoisotopic (exact) mass is 364 g/mol. The highest BCUT2D eigenvalue weighted by Crippen LogP contribution is 2.27. The summed E-state index contributed by atoms with van der Waals surface area (Å²) >= 11 is 0. The predicted molar refractivity (Wildman–Crippen MR) is 98.4 cm³/mol. The molecule has 138 valence electrons. The van der Waals surface area contributed by atoms with E-state index < -0.39 is 0 Å². The first kappa shape index (κ1) is 17.4. The third-order valence-electron chi connectivity index (χ3n) is 5.01. The summed E-state index contributed by atoms with van der Waals surface area (Å²) in [6.45, 7) is 1.22. The Morgan fingerprint density at radius 1 is 1.00 bits per heavy atom. The van der Waals surface area contributed by atoms with E-state index in [0.29, 0.717) is 42.8 Å². The van der Waals surface area contributed by atoms with Crippen LogP contribution in [0.2, 0.25) is 0 Å². The molecule has 0 aromatic heterocycles. The standard InChI is InChI=1S/C21H20N2O4/c24-19(15-6-2-1-3-7-15)22-11-16-10-14(13-27-16)12-23-20(25)17-8-4-5-9-18(17)21(23)26/h1-9,14,16H,10-13H2,(H,22,24). The van der Waals surface area contributed by atoms with Crippen LogP contribution in [-0.4, -0.2) is 48.4 Å². The molecule has 2 heterocycles. The maximum absolute atomic E-state index is 12.5. The van der Waals surface area contributed by atoms with Crippen LogP contribution in [0.15, 0.2) is 54.6 Å². The Bertz CT molecular complexity index is 846. The van der Waals surface area contributed by atoms with Gasteiger partial charge in [-0.2, -0.15) is 0 Å². The van der Waals surface area contributed by atoms with Crippen LogP contribution in [0.5, 0.6) is 0 Å². The number of benzene rings is 2. The summed E-state index contributed by atoms with van der Waals surface area (Å²) in [5, 5.41) is 2.88. The molecule has 0 saturated carbocycles. The molecule has 6 nitrogen and oxygen atoms in total. The minimum atomic E-state index is -0.239. The van der Waals surface area contributed by atoms with E-state index >= 15 is 0 Å². The lowest BCUT2D eigenvalue weighted by molar-refractivity contribution is 0.0615. The van der Waals surface area contributed by atoms with Crippen molar-refractivity contribution in [2.45, 2.75) is 12.5 Å². The lowest BCUT2D eigenvalue weighted by Gasteiger charge is -2.17. The van der Waals surface area contributed by atoms with Crippen molar-refractivity contribution >= 4 is 17.7 Å². The molecule has 0 aliphatic carbocycles. The van der Waals surface area contributed by atoms with E-state index in [4.69, 9.17) is 4.74 Å². The normalized spacial score (nSPS) is 21.4. The van der Waals surface area contributed by atoms with Gasteiger partial charge in [0.2, 0.25) is 0 Å². The van der Waals surface area contributed by atoms with Crippen LogP contribution < -0.4 is 5.32 Å². The quantitative estimate of drug-likeness (QED) is 0.825. The van der Waals surface area contributed by atoms with Crippen LogP contribution in [0.3, 0.4) is 0 Å². The molecule has 2 aromatic carbocycles. The smallest absolute Gasteiger partial charge is 0.261 e. The zero-order valence-electron chi connectivity index (χ0n) is 14.8. The van der Waals surface area contributed by atoms with Crippen LogP contribution in [0.1, 0.15) is 37.5 Å². The van der Waals surface area contributed by atoms with Gasteiger partial charge in [-0.1, -0.05) is 30.3 Å². The Balaban J connectivity index is 1.30. The number of hydrogen-bond acceptors (Lipinski definition) is 4. The SMILES string of the molecule is O=C(NCC1CC(CN2C(=O)c3ccccc3C2=O)CO1)c1ccccc1. The second-order valence-electron chi connectivity index (χ2n) is 6.90. The Hall–Kier alpha value is -2.99. The summed E-state index contributed by atoms with van der Waals surface area (Å²) in [6, 6.07) is 15.9. The van der Waals surface area contributed by atoms with Gasteiger partial charge in [0.05, 0.1) is 23.8 Å². The lowest BCUT2D eigenvalue weighted by Crippen LogP contribution is -2.35. The molecular weight excluding hydrogens is 344 g/mol. The molecule has 0 bridgehead atoms. The molecule has 1 fully saturated rings. The van der Waals surface area contributed by atoms with E-state index in [0.717, 1.165) is 0 Å². The molecule has 1 N–H and O–H groups in total. The number of carbonyl (C=O) groups excluding carboxylic acids is 3. The summed E-state index contributed by atoms with van der Waals surface area (Å²) in [5.41, 5.74) is 1.54. The molecule has 6 heteroatoms. The maximum atomic E-state index is 12.5.